The highest BCUT2D eigenvalue weighted by atomic mass is 35.5. The van der Waals surface area contributed by atoms with Crippen LogP contribution in [0.4, 0.5) is 10.1 Å². The summed E-state index contributed by atoms with van der Waals surface area (Å²) < 4.78 is 15.4. The quantitative estimate of drug-likeness (QED) is 0.474. The molecule has 9 heteroatoms. The second-order valence-electron chi connectivity index (χ2n) is 6.20. The molecule has 3 aromatic rings. The average molecular weight is 403 g/mol. The van der Waals surface area contributed by atoms with Gasteiger partial charge < -0.3 is 4.90 Å². The molecule has 2 aromatic carbocycles. The van der Waals surface area contributed by atoms with Crippen molar-refractivity contribution < 1.29 is 14.1 Å². The fourth-order valence-corrected chi connectivity index (χ4v) is 2.99. The topological polar surface area (TPSA) is 81.3 Å². The number of benzene rings is 2. The summed E-state index contributed by atoms with van der Waals surface area (Å²) in [5.74, 6) is -0.813. The number of rotatable bonds is 5. The van der Waals surface area contributed by atoms with Gasteiger partial charge in [-0.3, -0.25) is 14.9 Å². The van der Waals surface area contributed by atoms with Crippen LogP contribution in [0.5, 0.6) is 0 Å². The van der Waals surface area contributed by atoms with Crippen LogP contribution < -0.4 is 0 Å². The average Bonchev–Trinajstić information content (AvgIpc) is 3.04. The smallest absolute Gasteiger partial charge is 0.269 e. The number of aromatic nitrogens is 2. The number of amides is 1. The zero-order valence-corrected chi connectivity index (χ0v) is 15.9. The number of hydrogen-bond acceptors (Lipinski definition) is 4. The normalized spacial score (nSPS) is 10.7. The third kappa shape index (κ3) is 3.72. The summed E-state index contributed by atoms with van der Waals surface area (Å²) in [5.41, 5.74) is 1.36. The van der Waals surface area contributed by atoms with Crippen LogP contribution in [0.25, 0.3) is 5.69 Å². The van der Waals surface area contributed by atoms with E-state index in [1.807, 2.05) is 0 Å². The molecule has 0 spiro atoms. The third-order valence-corrected chi connectivity index (χ3v) is 4.68. The Hall–Kier alpha value is -3.26. The molecule has 28 heavy (non-hydrogen) atoms. The molecule has 3 rings (SSSR count). The molecule has 1 amide bonds. The van der Waals surface area contributed by atoms with Crippen molar-refractivity contribution in [3.8, 4) is 5.69 Å². The highest BCUT2D eigenvalue weighted by Gasteiger charge is 2.21. The Morgan fingerprint density at radius 1 is 1.32 bits per heavy atom. The highest BCUT2D eigenvalue weighted by Crippen LogP contribution is 2.24. The largest absolute Gasteiger partial charge is 0.337 e. The number of para-hydroxylation sites is 1. The van der Waals surface area contributed by atoms with Crippen LogP contribution in [0.2, 0.25) is 5.02 Å². The zero-order valence-electron chi connectivity index (χ0n) is 15.1. The summed E-state index contributed by atoms with van der Waals surface area (Å²) in [6, 6.07) is 10.2. The van der Waals surface area contributed by atoms with E-state index in [-0.39, 0.29) is 23.8 Å². The van der Waals surface area contributed by atoms with E-state index < -0.39 is 10.7 Å². The number of carbonyl (C=O) groups excluding carboxylic acids is 1. The minimum atomic E-state index is -0.524. The van der Waals surface area contributed by atoms with Gasteiger partial charge in [0.1, 0.15) is 11.5 Å². The van der Waals surface area contributed by atoms with Crippen LogP contribution >= 0.6 is 11.6 Å². The molecule has 0 bridgehead atoms. The predicted molar refractivity (Wildman–Crippen MR) is 102 cm³/mol. The molecule has 0 aliphatic heterocycles. The SMILES string of the molecule is Cc1c(C(=O)N(C)Cc2cc([N+](=O)[O-])ccc2Cl)cnn1-c1ccccc1F. The fourth-order valence-electron chi connectivity index (χ4n) is 2.81. The van der Waals surface area contributed by atoms with Crippen molar-refractivity contribution in [2.75, 3.05) is 7.05 Å². The Morgan fingerprint density at radius 2 is 2.04 bits per heavy atom. The molecule has 0 radical (unpaired) electrons. The van der Waals surface area contributed by atoms with E-state index in [1.165, 1.54) is 40.0 Å². The Bertz CT molecular complexity index is 1070. The molecule has 0 N–H and O–H groups in total. The van der Waals surface area contributed by atoms with E-state index in [1.54, 1.807) is 32.2 Å². The second-order valence-corrected chi connectivity index (χ2v) is 6.61. The predicted octanol–water partition coefficient (Wildman–Crippen LogP) is 4.15. The Balaban J connectivity index is 1.86. The van der Waals surface area contributed by atoms with Crippen molar-refractivity contribution in [3.05, 3.63) is 86.4 Å². The number of nitro groups is 1. The van der Waals surface area contributed by atoms with Gasteiger partial charge in [0.15, 0.2) is 0 Å². The summed E-state index contributed by atoms with van der Waals surface area (Å²) in [7, 11) is 1.55. The lowest BCUT2D eigenvalue weighted by Gasteiger charge is -2.18. The lowest BCUT2D eigenvalue weighted by atomic mass is 10.1. The Morgan fingerprint density at radius 3 is 2.71 bits per heavy atom. The Kier molecular flexibility index (Phi) is 5.41. The molecule has 7 nitrogen and oxygen atoms in total. The molecule has 0 unspecified atom stereocenters. The molecule has 0 saturated carbocycles. The van der Waals surface area contributed by atoms with Crippen LogP contribution in [-0.4, -0.2) is 32.6 Å². The third-order valence-electron chi connectivity index (χ3n) is 4.32. The van der Waals surface area contributed by atoms with Crippen molar-refractivity contribution >= 4 is 23.2 Å². The van der Waals surface area contributed by atoms with Crippen molar-refractivity contribution in [2.45, 2.75) is 13.5 Å². The van der Waals surface area contributed by atoms with Crippen molar-refractivity contribution in [3.63, 3.8) is 0 Å². The molecule has 0 aliphatic rings. The maximum atomic E-state index is 14.0. The number of nitrogens with zero attached hydrogens (tertiary/aromatic N) is 4. The van der Waals surface area contributed by atoms with E-state index in [9.17, 15) is 19.3 Å². The number of hydrogen-bond donors (Lipinski definition) is 0. The van der Waals surface area contributed by atoms with E-state index in [2.05, 4.69) is 5.10 Å². The summed E-state index contributed by atoms with van der Waals surface area (Å²) in [5, 5.41) is 15.4. The molecule has 0 fully saturated rings. The van der Waals surface area contributed by atoms with Gasteiger partial charge in [-0.1, -0.05) is 23.7 Å². The van der Waals surface area contributed by atoms with Gasteiger partial charge in [0.2, 0.25) is 0 Å². The minimum Gasteiger partial charge on any atom is -0.337 e. The molecule has 0 aliphatic carbocycles. The maximum absolute atomic E-state index is 14.0. The summed E-state index contributed by atoms with van der Waals surface area (Å²) in [6.07, 6.45) is 1.37. The van der Waals surface area contributed by atoms with Gasteiger partial charge in [-0.05, 0) is 30.7 Å². The number of nitro benzene ring substituents is 1. The number of carbonyl (C=O) groups is 1. The fraction of sp³-hybridized carbons (Fsp3) is 0.158. The minimum absolute atomic E-state index is 0.0731. The van der Waals surface area contributed by atoms with E-state index in [0.717, 1.165) is 0 Å². The van der Waals surface area contributed by atoms with Crippen LogP contribution in [-0.2, 0) is 6.54 Å². The van der Waals surface area contributed by atoms with Gasteiger partial charge in [-0.2, -0.15) is 5.10 Å². The number of non-ortho nitro benzene ring substituents is 1. The van der Waals surface area contributed by atoms with E-state index >= 15 is 0 Å². The summed E-state index contributed by atoms with van der Waals surface area (Å²) >= 11 is 6.11. The van der Waals surface area contributed by atoms with Gasteiger partial charge in [0, 0.05) is 30.7 Å². The summed E-state index contributed by atoms with van der Waals surface area (Å²) in [6.45, 7) is 1.74. The summed E-state index contributed by atoms with van der Waals surface area (Å²) in [4.78, 5) is 24.6. The first-order valence-electron chi connectivity index (χ1n) is 8.27. The van der Waals surface area contributed by atoms with Crippen molar-refractivity contribution in [1.29, 1.82) is 0 Å². The van der Waals surface area contributed by atoms with E-state index in [4.69, 9.17) is 11.6 Å². The Labute approximate surface area is 165 Å². The van der Waals surface area contributed by atoms with Crippen LogP contribution in [0.15, 0.2) is 48.7 Å². The van der Waals surface area contributed by atoms with Gasteiger partial charge in [0.05, 0.1) is 22.4 Å². The molecule has 1 aromatic heterocycles. The zero-order chi connectivity index (χ0) is 20.4. The van der Waals surface area contributed by atoms with Crippen LogP contribution in [0, 0.1) is 22.9 Å². The van der Waals surface area contributed by atoms with Crippen molar-refractivity contribution in [2.24, 2.45) is 0 Å². The van der Waals surface area contributed by atoms with Gasteiger partial charge in [0.25, 0.3) is 11.6 Å². The molecule has 144 valence electrons. The molecule has 0 atom stereocenters. The first kappa shape index (κ1) is 19.5. The second kappa shape index (κ2) is 7.77. The molecule has 1 heterocycles. The highest BCUT2D eigenvalue weighted by molar-refractivity contribution is 6.31. The van der Waals surface area contributed by atoms with Crippen LogP contribution in [0.3, 0.4) is 0 Å². The maximum Gasteiger partial charge on any atom is 0.269 e. The van der Waals surface area contributed by atoms with E-state index in [0.29, 0.717) is 21.8 Å². The molecule has 0 saturated heterocycles. The monoisotopic (exact) mass is 402 g/mol. The van der Waals surface area contributed by atoms with Gasteiger partial charge in [-0.25, -0.2) is 9.07 Å². The first-order valence-corrected chi connectivity index (χ1v) is 8.65. The standard InChI is InChI=1S/C19H16ClFN4O3/c1-12-15(10-22-24(12)18-6-4-3-5-17(18)21)19(26)23(2)11-13-9-14(25(27)28)7-8-16(13)20/h3-10H,11H2,1-2H3. The first-order chi connectivity index (χ1) is 13.3. The van der Waals surface area contributed by atoms with Gasteiger partial charge >= 0.3 is 0 Å². The number of halogens is 2. The molecular formula is C19H16ClFN4O3. The lowest BCUT2D eigenvalue weighted by molar-refractivity contribution is -0.384. The van der Waals surface area contributed by atoms with Crippen LogP contribution in [0.1, 0.15) is 21.6 Å². The van der Waals surface area contributed by atoms with Gasteiger partial charge in [-0.15, -0.1) is 0 Å². The molecular weight excluding hydrogens is 387 g/mol. The lowest BCUT2D eigenvalue weighted by Crippen LogP contribution is -2.26. The van der Waals surface area contributed by atoms with Crippen molar-refractivity contribution in [1.82, 2.24) is 14.7 Å².